The van der Waals surface area contributed by atoms with Crippen molar-refractivity contribution >= 4 is 21.6 Å². The standard InChI is InChI=1S/C14H18BrN3O/c1-9(2)8-12-13(16)14(19)18(17(12)3)11-7-5-4-6-10(11)15/h4-7,9H,8,16H2,1-3H3. The zero-order valence-electron chi connectivity index (χ0n) is 11.4. The molecule has 0 spiro atoms. The second kappa shape index (κ2) is 5.25. The molecule has 0 fully saturated rings. The van der Waals surface area contributed by atoms with Crippen LogP contribution in [0.5, 0.6) is 0 Å². The van der Waals surface area contributed by atoms with Crippen molar-refractivity contribution in [3.05, 3.63) is 44.8 Å². The Morgan fingerprint density at radius 1 is 1.32 bits per heavy atom. The Balaban J connectivity index is 2.66. The zero-order chi connectivity index (χ0) is 14.2. The number of hydrogen-bond acceptors (Lipinski definition) is 2. The van der Waals surface area contributed by atoms with E-state index in [0.717, 1.165) is 22.3 Å². The first-order valence-corrected chi connectivity index (χ1v) is 7.04. The van der Waals surface area contributed by atoms with Crippen LogP contribution in [0.1, 0.15) is 19.5 Å². The van der Waals surface area contributed by atoms with E-state index >= 15 is 0 Å². The van der Waals surface area contributed by atoms with Crippen LogP contribution in [0, 0.1) is 5.92 Å². The third-order valence-electron chi connectivity index (χ3n) is 3.11. The Bertz CT molecular complexity index is 655. The number of nitrogen functional groups attached to an aromatic ring is 1. The van der Waals surface area contributed by atoms with E-state index in [1.807, 2.05) is 36.0 Å². The number of aromatic nitrogens is 2. The number of nitrogens with zero attached hydrogens (tertiary/aromatic N) is 2. The van der Waals surface area contributed by atoms with Gasteiger partial charge in [-0.3, -0.25) is 9.48 Å². The van der Waals surface area contributed by atoms with E-state index in [1.165, 1.54) is 0 Å². The van der Waals surface area contributed by atoms with Crippen molar-refractivity contribution in [2.75, 3.05) is 5.73 Å². The summed E-state index contributed by atoms with van der Waals surface area (Å²) in [6, 6.07) is 7.62. The lowest BCUT2D eigenvalue weighted by atomic mass is 10.1. The number of nitrogens with two attached hydrogens (primary N) is 1. The van der Waals surface area contributed by atoms with Gasteiger partial charge in [0.25, 0.3) is 5.56 Å². The fourth-order valence-corrected chi connectivity index (χ4v) is 2.64. The molecule has 1 aromatic heterocycles. The molecule has 2 aromatic rings. The third kappa shape index (κ3) is 2.47. The number of anilines is 1. The maximum absolute atomic E-state index is 12.3. The predicted octanol–water partition coefficient (Wildman–Crippen LogP) is 2.72. The molecule has 0 unspecified atom stereocenters. The summed E-state index contributed by atoms with van der Waals surface area (Å²) in [5.74, 6) is 0.447. The topological polar surface area (TPSA) is 53.0 Å². The van der Waals surface area contributed by atoms with E-state index in [4.69, 9.17) is 5.73 Å². The lowest BCUT2D eigenvalue weighted by Gasteiger charge is -2.12. The van der Waals surface area contributed by atoms with Gasteiger partial charge in [0.2, 0.25) is 0 Å². The Labute approximate surface area is 120 Å². The Morgan fingerprint density at radius 2 is 1.95 bits per heavy atom. The van der Waals surface area contributed by atoms with E-state index in [9.17, 15) is 4.79 Å². The first kappa shape index (κ1) is 13.9. The number of halogens is 1. The van der Waals surface area contributed by atoms with Crippen LogP contribution in [0.25, 0.3) is 5.69 Å². The molecule has 0 aliphatic heterocycles. The molecule has 102 valence electrons. The summed E-state index contributed by atoms with van der Waals surface area (Å²) in [5, 5.41) is 0. The summed E-state index contributed by atoms with van der Waals surface area (Å²) in [5.41, 5.74) is 7.84. The highest BCUT2D eigenvalue weighted by atomic mass is 79.9. The van der Waals surface area contributed by atoms with Gasteiger partial charge < -0.3 is 5.73 Å². The van der Waals surface area contributed by atoms with Crippen LogP contribution >= 0.6 is 15.9 Å². The van der Waals surface area contributed by atoms with Gasteiger partial charge >= 0.3 is 0 Å². The number of para-hydroxylation sites is 1. The van der Waals surface area contributed by atoms with E-state index in [2.05, 4.69) is 29.8 Å². The van der Waals surface area contributed by atoms with E-state index in [1.54, 1.807) is 4.68 Å². The van der Waals surface area contributed by atoms with Gasteiger partial charge in [0.1, 0.15) is 5.69 Å². The molecule has 0 bridgehead atoms. The fourth-order valence-electron chi connectivity index (χ4n) is 2.19. The number of rotatable bonds is 3. The monoisotopic (exact) mass is 323 g/mol. The maximum Gasteiger partial charge on any atom is 0.294 e. The highest BCUT2D eigenvalue weighted by Gasteiger charge is 2.18. The zero-order valence-corrected chi connectivity index (χ0v) is 12.9. The van der Waals surface area contributed by atoms with Gasteiger partial charge in [-0.15, -0.1) is 0 Å². The van der Waals surface area contributed by atoms with E-state index in [-0.39, 0.29) is 5.56 Å². The Hall–Kier alpha value is -1.49. The quantitative estimate of drug-likeness (QED) is 0.944. The third-order valence-corrected chi connectivity index (χ3v) is 3.78. The average Bonchev–Trinajstić information content (AvgIpc) is 2.55. The van der Waals surface area contributed by atoms with Gasteiger partial charge in [0.15, 0.2) is 0 Å². The van der Waals surface area contributed by atoms with Gasteiger partial charge in [-0.2, -0.15) is 0 Å². The summed E-state index contributed by atoms with van der Waals surface area (Å²) >= 11 is 3.47. The van der Waals surface area contributed by atoms with Crippen LogP contribution in [0.3, 0.4) is 0 Å². The molecule has 19 heavy (non-hydrogen) atoms. The van der Waals surface area contributed by atoms with Gasteiger partial charge in [0.05, 0.1) is 11.4 Å². The molecule has 0 amide bonds. The van der Waals surface area contributed by atoms with Crippen molar-refractivity contribution in [2.45, 2.75) is 20.3 Å². The van der Waals surface area contributed by atoms with Gasteiger partial charge in [0, 0.05) is 11.5 Å². The van der Waals surface area contributed by atoms with E-state index < -0.39 is 0 Å². The molecule has 0 radical (unpaired) electrons. The predicted molar refractivity (Wildman–Crippen MR) is 81.7 cm³/mol. The van der Waals surface area contributed by atoms with Crippen molar-refractivity contribution in [2.24, 2.45) is 13.0 Å². The van der Waals surface area contributed by atoms with Crippen LogP contribution in [-0.4, -0.2) is 9.36 Å². The number of hydrogen-bond donors (Lipinski definition) is 1. The smallest absolute Gasteiger partial charge is 0.294 e. The first-order valence-electron chi connectivity index (χ1n) is 6.24. The Morgan fingerprint density at radius 3 is 2.53 bits per heavy atom. The normalized spacial score (nSPS) is 11.2. The highest BCUT2D eigenvalue weighted by molar-refractivity contribution is 9.10. The van der Waals surface area contributed by atoms with Crippen LogP contribution < -0.4 is 11.3 Å². The van der Waals surface area contributed by atoms with Crippen LogP contribution in [0.2, 0.25) is 0 Å². The summed E-state index contributed by atoms with van der Waals surface area (Å²) in [4.78, 5) is 12.3. The SMILES string of the molecule is CC(C)Cc1c(N)c(=O)n(-c2ccccc2Br)n1C. The molecule has 4 nitrogen and oxygen atoms in total. The van der Waals surface area contributed by atoms with Crippen molar-refractivity contribution in [3.8, 4) is 5.69 Å². The summed E-state index contributed by atoms with van der Waals surface area (Å²) in [7, 11) is 1.87. The minimum atomic E-state index is -0.162. The maximum atomic E-state index is 12.3. The van der Waals surface area contributed by atoms with Crippen molar-refractivity contribution in [3.63, 3.8) is 0 Å². The van der Waals surface area contributed by atoms with Crippen LogP contribution in [0.4, 0.5) is 5.69 Å². The van der Waals surface area contributed by atoms with Crippen molar-refractivity contribution in [1.29, 1.82) is 0 Å². The second-order valence-electron chi connectivity index (χ2n) is 5.05. The van der Waals surface area contributed by atoms with E-state index in [0.29, 0.717) is 11.6 Å². The summed E-state index contributed by atoms with van der Waals surface area (Å²) in [6.07, 6.45) is 0.787. The lowest BCUT2D eigenvalue weighted by molar-refractivity contribution is 0.562. The molecule has 0 saturated heterocycles. The molecule has 0 aliphatic carbocycles. The molecule has 1 heterocycles. The van der Waals surface area contributed by atoms with Gasteiger partial charge in [-0.1, -0.05) is 26.0 Å². The minimum Gasteiger partial charge on any atom is -0.393 e. The summed E-state index contributed by atoms with van der Waals surface area (Å²) < 4.78 is 4.32. The van der Waals surface area contributed by atoms with Crippen LogP contribution in [-0.2, 0) is 13.5 Å². The Kier molecular flexibility index (Phi) is 3.85. The average molecular weight is 324 g/mol. The highest BCUT2D eigenvalue weighted by Crippen LogP contribution is 2.22. The van der Waals surface area contributed by atoms with Gasteiger partial charge in [-0.05, 0) is 40.4 Å². The summed E-state index contributed by atoms with van der Waals surface area (Å²) in [6.45, 7) is 4.22. The minimum absolute atomic E-state index is 0.162. The molecule has 1 aromatic carbocycles. The lowest BCUT2D eigenvalue weighted by Crippen LogP contribution is -2.21. The van der Waals surface area contributed by atoms with Gasteiger partial charge in [-0.25, -0.2) is 4.68 Å². The fraction of sp³-hybridized carbons (Fsp3) is 0.357. The molecule has 2 rings (SSSR count). The van der Waals surface area contributed by atoms with Crippen molar-refractivity contribution < 1.29 is 0 Å². The largest absolute Gasteiger partial charge is 0.393 e. The molecule has 5 heteroatoms. The first-order chi connectivity index (χ1) is 8.93. The molecular weight excluding hydrogens is 306 g/mol. The van der Waals surface area contributed by atoms with Crippen molar-refractivity contribution in [1.82, 2.24) is 9.36 Å². The van der Waals surface area contributed by atoms with Crippen LogP contribution in [0.15, 0.2) is 33.5 Å². The molecule has 0 aliphatic rings. The molecule has 2 N–H and O–H groups in total. The number of benzene rings is 1. The molecular formula is C14H18BrN3O. The molecule has 0 atom stereocenters. The molecule has 0 saturated carbocycles. The second-order valence-corrected chi connectivity index (χ2v) is 5.90.